The fourth-order valence-corrected chi connectivity index (χ4v) is 8.73. The van der Waals surface area contributed by atoms with Gasteiger partial charge >= 0.3 is 0 Å². The highest BCUT2D eigenvalue weighted by Gasteiger charge is 2.22. The van der Waals surface area contributed by atoms with Crippen LogP contribution in [0.3, 0.4) is 0 Å². The lowest BCUT2D eigenvalue weighted by Crippen LogP contribution is -2.20. The molecule has 0 spiro atoms. The molecule has 0 aromatic heterocycles. The molecule has 0 unspecified atom stereocenters. The van der Waals surface area contributed by atoms with Crippen LogP contribution >= 0.6 is 0 Å². The first-order valence-electron chi connectivity index (χ1n) is 12.8. The quantitative estimate of drug-likeness (QED) is 0.220. The monoisotopic (exact) mass is 462 g/mol. The molecule has 0 radical (unpaired) electrons. The summed E-state index contributed by atoms with van der Waals surface area (Å²) in [6.45, 7) is 2.30. The molecule has 0 aliphatic carbocycles. The van der Waals surface area contributed by atoms with Crippen molar-refractivity contribution in [3.8, 4) is 11.1 Å². The lowest BCUT2D eigenvalue weighted by Gasteiger charge is -2.28. The van der Waals surface area contributed by atoms with E-state index in [1.165, 1.54) is 73.0 Å². The molecule has 3 heteroatoms. The van der Waals surface area contributed by atoms with Crippen LogP contribution in [0.4, 0.5) is 8.78 Å². The van der Waals surface area contributed by atoms with E-state index in [0.717, 1.165) is 24.3 Å². The summed E-state index contributed by atoms with van der Waals surface area (Å²) in [4.78, 5) is 0. The third-order valence-corrected chi connectivity index (χ3v) is 10.9. The zero-order valence-electron chi connectivity index (χ0n) is 19.8. The van der Waals surface area contributed by atoms with E-state index in [1.807, 2.05) is 12.1 Å². The lowest BCUT2D eigenvalue weighted by molar-refractivity contribution is 0.509. The molecule has 1 aliphatic rings. The summed E-state index contributed by atoms with van der Waals surface area (Å²) in [5, 5.41) is 0. The number of rotatable bonds is 9. The molecule has 0 nitrogen and oxygen atoms in total. The van der Waals surface area contributed by atoms with Crippen molar-refractivity contribution in [2.24, 2.45) is 0 Å². The van der Waals surface area contributed by atoms with Gasteiger partial charge in [0.05, 0.1) is 0 Å². The molecule has 174 valence electrons. The maximum atomic E-state index is 13.5. The van der Waals surface area contributed by atoms with Crippen LogP contribution in [-0.2, 0) is 12.8 Å². The first-order chi connectivity index (χ1) is 16.1. The van der Waals surface area contributed by atoms with E-state index < -0.39 is 20.4 Å². The van der Waals surface area contributed by atoms with Crippen molar-refractivity contribution in [2.45, 2.75) is 75.9 Å². The maximum Gasteiger partial charge on any atom is 0.159 e. The lowest BCUT2D eigenvalue weighted by atomic mass is 9.92. The Balaban J connectivity index is 1.26. The average molecular weight is 463 g/mol. The van der Waals surface area contributed by atoms with Crippen LogP contribution in [0.2, 0.25) is 18.1 Å². The first kappa shape index (κ1) is 23.9. The second-order valence-electron chi connectivity index (χ2n) is 9.78. The van der Waals surface area contributed by atoms with E-state index in [-0.39, 0.29) is 0 Å². The van der Waals surface area contributed by atoms with Crippen LogP contribution in [0.5, 0.6) is 0 Å². The minimum atomic E-state index is -0.807. The zero-order valence-corrected chi connectivity index (χ0v) is 21.0. The molecular formula is C30H36F2Si. The summed E-state index contributed by atoms with van der Waals surface area (Å²) < 4.78 is 26.7. The Morgan fingerprint density at radius 1 is 0.727 bits per heavy atom. The van der Waals surface area contributed by atoms with E-state index in [0.29, 0.717) is 5.56 Å². The zero-order chi connectivity index (χ0) is 23.0. The highest BCUT2D eigenvalue weighted by Crippen LogP contribution is 2.35. The van der Waals surface area contributed by atoms with Gasteiger partial charge in [-0.2, -0.15) is 0 Å². The van der Waals surface area contributed by atoms with Crippen LogP contribution in [0, 0.1) is 11.6 Å². The van der Waals surface area contributed by atoms with Crippen molar-refractivity contribution in [3.63, 3.8) is 0 Å². The molecule has 1 heterocycles. The molecule has 1 fully saturated rings. The SMILES string of the molecule is CCCCC[Si@H]1CC[C@H](c2ccc(CCc3ccc(-c4ccc(F)c(F)c4)cc3)cc2)CC1. The predicted molar refractivity (Wildman–Crippen MR) is 139 cm³/mol. The number of halogens is 2. The van der Waals surface area contributed by atoms with Gasteiger partial charge in [0.2, 0.25) is 0 Å². The number of unbranched alkanes of at least 4 members (excludes halogenated alkanes) is 2. The summed E-state index contributed by atoms with van der Waals surface area (Å²) in [6.07, 6.45) is 9.05. The smallest absolute Gasteiger partial charge is 0.159 e. The molecular weight excluding hydrogens is 426 g/mol. The van der Waals surface area contributed by atoms with Crippen molar-refractivity contribution in [2.75, 3.05) is 0 Å². The highest BCUT2D eigenvalue weighted by molar-refractivity contribution is 6.59. The van der Waals surface area contributed by atoms with E-state index in [4.69, 9.17) is 0 Å². The minimum absolute atomic E-state index is 0.440. The van der Waals surface area contributed by atoms with Crippen molar-refractivity contribution < 1.29 is 8.78 Å². The van der Waals surface area contributed by atoms with Crippen LogP contribution in [0.25, 0.3) is 11.1 Å². The Labute approximate surface area is 199 Å². The summed E-state index contributed by atoms with van der Waals surface area (Å²) in [7, 11) is -0.440. The predicted octanol–water partition coefficient (Wildman–Crippen LogP) is 8.71. The fraction of sp³-hybridized carbons (Fsp3) is 0.400. The molecule has 0 atom stereocenters. The largest absolute Gasteiger partial charge is 0.204 e. The van der Waals surface area contributed by atoms with Crippen LogP contribution in [0.15, 0.2) is 66.7 Å². The third-order valence-electron chi connectivity index (χ3n) is 7.42. The molecule has 33 heavy (non-hydrogen) atoms. The molecule has 0 N–H and O–H groups in total. The van der Waals surface area contributed by atoms with E-state index in [1.54, 1.807) is 12.1 Å². The Hall–Kier alpha value is -2.26. The Kier molecular flexibility index (Phi) is 8.50. The minimum Gasteiger partial charge on any atom is -0.204 e. The highest BCUT2D eigenvalue weighted by atomic mass is 28.3. The molecule has 4 rings (SSSR count). The normalized spacial score (nSPS) is 18.4. The van der Waals surface area contributed by atoms with Gasteiger partial charge in [-0.05, 0) is 71.6 Å². The van der Waals surface area contributed by atoms with Gasteiger partial charge in [0.15, 0.2) is 11.6 Å². The van der Waals surface area contributed by atoms with E-state index in [2.05, 4.69) is 43.3 Å². The molecule has 0 amide bonds. The molecule has 0 bridgehead atoms. The summed E-state index contributed by atoms with van der Waals surface area (Å²) in [6, 6.07) is 26.2. The molecule has 3 aromatic rings. The third kappa shape index (κ3) is 6.63. The Morgan fingerprint density at radius 3 is 1.94 bits per heavy atom. The molecule has 0 saturated carbocycles. The van der Waals surface area contributed by atoms with Gasteiger partial charge in [0, 0.05) is 8.80 Å². The number of aryl methyl sites for hydroxylation is 2. The topological polar surface area (TPSA) is 0 Å². The maximum absolute atomic E-state index is 13.5. The van der Waals surface area contributed by atoms with Gasteiger partial charge in [-0.15, -0.1) is 0 Å². The Morgan fingerprint density at radius 2 is 1.33 bits per heavy atom. The second kappa shape index (κ2) is 11.7. The van der Waals surface area contributed by atoms with Crippen LogP contribution in [0.1, 0.15) is 61.6 Å². The summed E-state index contributed by atoms with van der Waals surface area (Å²) >= 11 is 0. The van der Waals surface area contributed by atoms with Gasteiger partial charge in [-0.25, -0.2) is 8.78 Å². The average Bonchev–Trinajstić information content (AvgIpc) is 2.86. The first-order valence-corrected chi connectivity index (χ1v) is 15.2. The number of benzene rings is 3. The van der Waals surface area contributed by atoms with E-state index in [9.17, 15) is 8.78 Å². The summed E-state index contributed by atoms with van der Waals surface area (Å²) in [5.74, 6) is -0.835. The van der Waals surface area contributed by atoms with Crippen molar-refractivity contribution in [1.82, 2.24) is 0 Å². The number of hydrogen-bond acceptors (Lipinski definition) is 0. The van der Waals surface area contributed by atoms with E-state index >= 15 is 0 Å². The van der Waals surface area contributed by atoms with Gasteiger partial charge in [-0.3, -0.25) is 0 Å². The van der Waals surface area contributed by atoms with Gasteiger partial charge in [-0.1, -0.05) is 98.9 Å². The Bertz CT molecular complexity index is 1000. The molecule has 1 aliphatic heterocycles. The van der Waals surface area contributed by atoms with Crippen LogP contribution < -0.4 is 0 Å². The van der Waals surface area contributed by atoms with Gasteiger partial charge in [0.1, 0.15) is 0 Å². The number of hydrogen-bond donors (Lipinski definition) is 0. The standard InChI is InChI=1S/C30H36F2Si/c1-2-3-4-19-33-20-17-27(18-21-33)25-11-7-23(8-12-25)5-6-24-9-13-26(14-10-24)28-15-16-29(31)30(32)22-28/h7-16,22,27,33H,2-6,17-21H2,1H3/t27-,33-. The second-order valence-corrected chi connectivity index (χ2v) is 13.2. The molecule has 1 saturated heterocycles. The molecule has 3 aromatic carbocycles. The van der Waals surface area contributed by atoms with Crippen molar-refractivity contribution in [3.05, 3.63) is 95.1 Å². The van der Waals surface area contributed by atoms with Crippen LogP contribution in [-0.4, -0.2) is 8.80 Å². The fourth-order valence-electron chi connectivity index (χ4n) is 5.25. The van der Waals surface area contributed by atoms with Gasteiger partial charge < -0.3 is 0 Å². The van der Waals surface area contributed by atoms with Crippen molar-refractivity contribution in [1.29, 1.82) is 0 Å². The van der Waals surface area contributed by atoms with Gasteiger partial charge in [0.25, 0.3) is 0 Å². The summed E-state index contributed by atoms with van der Waals surface area (Å²) in [5.41, 5.74) is 5.79. The van der Waals surface area contributed by atoms with Crippen molar-refractivity contribution >= 4 is 8.80 Å².